The van der Waals surface area contributed by atoms with Crippen LogP contribution in [0, 0.1) is 23.7 Å². The fourth-order valence-corrected chi connectivity index (χ4v) is 3.13. The van der Waals surface area contributed by atoms with Gasteiger partial charge in [0, 0.05) is 6.42 Å². The van der Waals surface area contributed by atoms with E-state index in [1.807, 2.05) is 0 Å². The fourth-order valence-electron chi connectivity index (χ4n) is 3.13. The summed E-state index contributed by atoms with van der Waals surface area (Å²) in [4.78, 5) is 22.3. The highest BCUT2D eigenvalue weighted by atomic mass is 16.4. The Hall–Kier alpha value is -1.32. The first-order chi connectivity index (χ1) is 8.88. The Morgan fingerprint density at radius 1 is 1.42 bits per heavy atom. The molecule has 0 saturated heterocycles. The Labute approximate surface area is 114 Å². The molecule has 0 aromatic heterocycles. The van der Waals surface area contributed by atoms with Crippen molar-refractivity contribution in [3.8, 4) is 0 Å². The first-order valence-corrected chi connectivity index (χ1v) is 6.94. The van der Waals surface area contributed by atoms with Gasteiger partial charge in [0.2, 0.25) is 0 Å². The van der Waals surface area contributed by atoms with Crippen molar-refractivity contribution in [1.82, 2.24) is 0 Å². The second-order valence-electron chi connectivity index (χ2n) is 5.76. The van der Waals surface area contributed by atoms with Gasteiger partial charge in [-0.1, -0.05) is 13.8 Å². The van der Waals surface area contributed by atoms with Crippen LogP contribution in [0.25, 0.3) is 0 Å². The van der Waals surface area contributed by atoms with E-state index in [9.17, 15) is 14.7 Å². The summed E-state index contributed by atoms with van der Waals surface area (Å²) in [6, 6.07) is 0. The molecule has 4 heteroatoms. The maximum atomic E-state index is 11.2. The van der Waals surface area contributed by atoms with Crippen molar-refractivity contribution in [2.24, 2.45) is 23.7 Å². The van der Waals surface area contributed by atoms with Crippen LogP contribution in [0.15, 0.2) is 11.8 Å². The lowest BCUT2D eigenvalue weighted by atomic mass is 9.66. The van der Waals surface area contributed by atoms with Gasteiger partial charge in [0.1, 0.15) is 5.78 Å². The highest BCUT2D eigenvalue weighted by Crippen LogP contribution is 2.43. The summed E-state index contributed by atoms with van der Waals surface area (Å²) < 4.78 is 0. The van der Waals surface area contributed by atoms with E-state index < -0.39 is 11.9 Å². The van der Waals surface area contributed by atoms with E-state index in [0.29, 0.717) is 18.8 Å². The van der Waals surface area contributed by atoms with Crippen LogP contribution in [0.2, 0.25) is 0 Å². The Morgan fingerprint density at radius 3 is 2.53 bits per heavy atom. The maximum Gasteiger partial charge on any atom is 0.306 e. The van der Waals surface area contributed by atoms with Gasteiger partial charge in [-0.15, -0.1) is 0 Å². The second kappa shape index (κ2) is 6.73. The van der Waals surface area contributed by atoms with Gasteiger partial charge in [-0.2, -0.15) is 0 Å². The van der Waals surface area contributed by atoms with Crippen molar-refractivity contribution >= 4 is 11.8 Å². The molecular formula is C15H24O4. The zero-order valence-corrected chi connectivity index (χ0v) is 11.9. The highest BCUT2D eigenvalue weighted by Gasteiger charge is 2.37. The quantitative estimate of drug-likeness (QED) is 0.751. The lowest BCUT2D eigenvalue weighted by Gasteiger charge is -2.38. The third-order valence-electron chi connectivity index (χ3n) is 4.43. The molecule has 0 aliphatic heterocycles. The summed E-state index contributed by atoms with van der Waals surface area (Å²) in [6.07, 6.45) is 4.01. The van der Waals surface area contributed by atoms with Gasteiger partial charge in [-0.3, -0.25) is 4.79 Å². The Morgan fingerprint density at radius 2 is 2.05 bits per heavy atom. The average Bonchev–Trinajstić information content (AvgIpc) is 2.35. The highest BCUT2D eigenvalue weighted by molar-refractivity contribution is 5.75. The number of aliphatic carboxylic acids is 1. The smallest absolute Gasteiger partial charge is 0.306 e. The molecule has 0 bridgehead atoms. The number of hydrogen-bond donors (Lipinski definition) is 2. The fraction of sp³-hybridized carbons (Fsp3) is 0.733. The van der Waals surface area contributed by atoms with Crippen molar-refractivity contribution in [1.29, 1.82) is 0 Å². The van der Waals surface area contributed by atoms with Crippen LogP contribution in [0.4, 0.5) is 0 Å². The van der Waals surface area contributed by atoms with E-state index in [4.69, 9.17) is 5.11 Å². The number of aliphatic hydroxyl groups excluding tert-OH is 1. The zero-order chi connectivity index (χ0) is 14.6. The number of hydrogen-bond acceptors (Lipinski definition) is 3. The van der Waals surface area contributed by atoms with Crippen LogP contribution < -0.4 is 0 Å². The molecule has 0 aromatic rings. The summed E-state index contributed by atoms with van der Waals surface area (Å²) >= 11 is 0. The minimum Gasteiger partial charge on any atom is -0.516 e. The molecule has 0 aromatic carbocycles. The summed E-state index contributed by atoms with van der Waals surface area (Å²) in [7, 11) is 0. The van der Waals surface area contributed by atoms with E-state index in [0.717, 1.165) is 24.7 Å². The van der Waals surface area contributed by atoms with Crippen LogP contribution in [0.5, 0.6) is 0 Å². The summed E-state index contributed by atoms with van der Waals surface area (Å²) in [5.41, 5.74) is 0.815. The third-order valence-corrected chi connectivity index (χ3v) is 4.43. The average molecular weight is 268 g/mol. The minimum atomic E-state index is -0.829. The largest absolute Gasteiger partial charge is 0.516 e. The number of rotatable bonds is 5. The van der Waals surface area contributed by atoms with Gasteiger partial charge in [-0.05, 0) is 49.5 Å². The molecule has 2 N–H and O–H groups in total. The summed E-state index contributed by atoms with van der Waals surface area (Å²) in [5.74, 6) is -0.798. The van der Waals surface area contributed by atoms with Crippen LogP contribution in [0.1, 0.15) is 46.5 Å². The van der Waals surface area contributed by atoms with Gasteiger partial charge in [0.05, 0.1) is 12.2 Å². The van der Waals surface area contributed by atoms with Gasteiger partial charge in [0.15, 0.2) is 0 Å². The summed E-state index contributed by atoms with van der Waals surface area (Å²) in [6.45, 7) is 5.36. The van der Waals surface area contributed by atoms with Gasteiger partial charge >= 0.3 is 5.97 Å². The number of ketones is 1. The van der Waals surface area contributed by atoms with Gasteiger partial charge in [0.25, 0.3) is 0 Å². The number of carbonyl (C=O) groups excluding carboxylic acids is 1. The van der Waals surface area contributed by atoms with Crippen LogP contribution in [-0.4, -0.2) is 22.0 Å². The van der Waals surface area contributed by atoms with E-state index in [1.54, 1.807) is 13.8 Å². The van der Waals surface area contributed by atoms with Crippen molar-refractivity contribution < 1.29 is 19.8 Å². The van der Waals surface area contributed by atoms with Crippen molar-refractivity contribution in [2.75, 3.05) is 0 Å². The molecule has 4 atom stereocenters. The van der Waals surface area contributed by atoms with Gasteiger partial charge < -0.3 is 15.0 Å². The van der Waals surface area contributed by atoms with E-state index >= 15 is 0 Å². The first kappa shape index (κ1) is 15.7. The molecule has 1 saturated carbocycles. The molecule has 1 fully saturated rings. The van der Waals surface area contributed by atoms with E-state index in [2.05, 4.69) is 6.92 Å². The number of Topliss-reactive ketones (excluding diaryl/α,β-unsaturated/α-hetero) is 1. The lowest BCUT2D eigenvalue weighted by Crippen LogP contribution is -2.33. The number of allylic oxidation sites excluding steroid dienone is 1. The van der Waals surface area contributed by atoms with Crippen molar-refractivity contribution in [3.05, 3.63) is 11.8 Å². The molecule has 0 radical (unpaired) electrons. The van der Waals surface area contributed by atoms with Crippen LogP contribution in [0.3, 0.4) is 0 Å². The predicted octanol–water partition coefficient (Wildman–Crippen LogP) is 3.18. The standard InChI is InChI=1S/C15H24O4/c1-9-4-6-13(11(3)15(18)19)14(8-16)12(9)7-5-10(2)17/h8-9,11-13,16H,4-7H2,1-3H3,(H,18,19)/b14-8-/t9-,11-,12+,13?/m1/s1. The summed E-state index contributed by atoms with van der Waals surface area (Å²) in [5, 5.41) is 18.7. The van der Waals surface area contributed by atoms with Crippen LogP contribution in [-0.2, 0) is 9.59 Å². The monoisotopic (exact) mass is 268 g/mol. The second-order valence-corrected chi connectivity index (χ2v) is 5.76. The number of carbonyl (C=O) groups is 2. The van der Waals surface area contributed by atoms with Crippen LogP contribution >= 0.6 is 0 Å². The number of carboxylic acid groups (broad SMARTS) is 1. The molecule has 0 heterocycles. The SMILES string of the molecule is CC(=O)CC[C@@H]1/C(=C/O)C([C@@H](C)C(=O)O)CC[C@H]1C. The van der Waals surface area contributed by atoms with Crippen molar-refractivity contribution in [2.45, 2.75) is 46.5 Å². The Kier molecular flexibility index (Phi) is 5.58. The topological polar surface area (TPSA) is 74.6 Å². The molecular weight excluding hydrogens is 244 g/mol. The molecule has 0 amide bonds. The van der Waals surface area contributed by atoms with E-state index in [-0.39, 0.29) is 17.6 Å². The third kappa shape index (κ3) is 3.82. The number of carboxylic acids is 1. The molecule has 1 aliphatic rings. The molecule has 1 aliphatic carbocycles. The predicted molar refractivity (Wildman–Crippen MR) is 72.8 cm³/mol. The van der Waals surface area contributed by atoms with Crippen molar-refractivity contribution in [3.63, 3.8) is 0 Å². The normalized spacial score (nSPS) is 31.1. The molecule has 1 rings (SSSR count). The molecule has 19 heavy (non-hydrogen) atoms. The minimum absolute atomic E-state index is 0.115. The molecule has 108 valence electrons. The maximum absolute atomic E-state index is 11.2. The van der Waals surface area contributed by atoms with E-state index in [1.165, 1.54) is 0 Å². The van der Waals surface area contributed by atoms with Gasteiger partial charge in [-0.25, -0.2) is 0 Å². The first-order valence-electron chi connectivity index (χ1n) is 6.94. The molecule has 1 unspecified atom stereocenters. The molecule has 4 nitrogen and oxygen atoms in total. The molecule has 0 spiro atoms. The Balaban J connectivity index is 2.88. The number of aliphatic hydroxyl groups is 1. The lowest BCUT2D eigenvalue weighted by molar-refractivity contribution is -0.143. The zero-order valence-electron chi connectivity index (χ0n) is 11.9. The Bertz CT molecular complexity index is 372.